The van der Waals surface area contributed by atoms with E-state index in [9.17, 15) is 13.0 Å². The first-order valence-electron chi connectivity index (χ1n) is 4.93. The molecule has 94 valence electrons. The summed E-state index contributed by atoms with van der Waals surface area (Å²) >= 11 is 1.24. The Balaban J connectivity index is 0.00000289. The quantitative estimate of drug-likeness (QED) is 0.230. The second-order valence-electron chi connectivity index (χ2n) is 3.25. The van der Waals surface area contributed by atoms with E-state index in [1.807, 2.05) is 30.3 Å². The van der Waals surface area contributed by atoms with Crippen molar-refractivity contribution in [2.24, 2.45) is 10.7 Å². The normalized spacial score (nSPS) is 11.9. The van der Waals surface area contributed by atoms with Gasteiger partial charge in [-0.15, -0.1) is 0 Å². The Bertz CT molecular complexity index is 477. The van der Waals surface area contributed by atoms with Gasteiger partial charge in [0, 0.05) is 11.5 Å². The second kappa shape index (κ2) is 8.95. The fraction of sp³-hybridized carbons (Fsp3) is 0.300. The van der Waals surface area contributed by atoms with Gasteiger partial charge in [0.05, 0.1) is 15.8 Å². The van der Waals surface area contributed by atoms with Gasteiger partial charge in [0.15, 0.2) is 5.17 Å². The zero-order valence-electron chi connectivity index (χ0n) is 10.1. The number of amidine groups is 1. The molecule has 2 N–H and O–H groups in total. The molecule has 0 aromatic heterocycles. The summed E-state index contributed by atoms with van der Waals surface area (Å²) in [5, 5.41) is 0.361. The van der Waals surface area contributed by atoms with Gasteiger partial charge in [0.25, 0.3) is 0 Å². The van der Waals surface area contributed by atoms with E-state index in [2.05, 4.69) is 4.99 Å². The predicted octanol–water partition coefficient (Wildman–Crippen LogP) is -1.69. The van der Waals surface area contributed by atoms with Crippen LogP contribution in [0.25, 0.3) is 0 Å². The van der Waals surface area contributed by atoms with Crippen molar-refractivity contribution in [3.63, 3.8) is 0 Å². The topological polar surface area (TPSA) is 95.6 Å². The second-order valence-corrected chi connectivity index (χ2v) is 5.89. The van der Waals surface area contributed by atoms with Crippen LogP contribution in [-0.2, 0) is 10.1 Å². The van der Waals surface area contributed by atoms with Gasteiger partial charge < -0.3 is 10.3 Å². The van der Waals surface area contributed by atoms with Crippen molar-refractivity contribution in [2.45, 2.75) is 6.42 Å². The molecule has 0 amide bonds. The number of nitrogens with two attached hydrogens (primary N) is 1. The summed E-state index contributed by atoms with van der Waals surface area (Å²) < 4.78 is 31.0. The molecule has 0 saturated heterocycles. The molecular formula is C10H13N2NaO3S2. The smallest absolute Gasteiger partial charge is 0.748 e. The van der Waals surface area contributed by atoms with Gasteiger partial charge in [0.2, 0.25) is 0 Å². The van der Waals surface area contributed by atoms with Crippen LogP contribution in [-0.4, -0.2) is 29.6 Å². The number of aliphatic imine (C=N–C) groups is 1. The minimum absolute atomic E-state index is 0. The fourth-order valence-electron chi connectivity index (χ4n) is 1.07. The van der Waals surface area contributed by atoms with Crippen LogP contribution in [0.5, 0.6) is 0 Å². The molecule has 1 rings (SSSR count). The summed E-state index contributed by atoms with van der Waals surface area (Å²) in [5.74, 6) is 0.0995. The van der Waals surface area contributed by atoms with Gasteiger partial charge in [0.1, 0.15) is 0 Å². The summed E-state index contributed by atoms with van der Waals surface area (Å²) in [7, 11) is -4.12. The minimum Gasteiger partial charge on any atom is -0.748 e. The van der Waals surface area contributed by atoms with Gasteiger partial charge >= 0.3 is 29.6 Å². The molecule has 0 heterocycles. The predicted molar refractivity (Wildman–Crippen MR) is 69.4 cm³/mol. The third-order valence-electron chi connectivity index (χ3n) is 1.78. The number of para-hydroxylation sites is 1. The van der Waals surface area contributed by atoms with E-state index in [-0.39, 0.29) is 41.7 Å². The Morgan fingerprint density at radius 2 is 1.94 bits per heavy atom. The summed E-state index contributed by atoms with van der Waals surface area (Å²) in [6, 6.07) is 9.20. The summed E-state index contributed by atoms with van der Waals surface area (Å²) in [6.45, 7) is 0. The van der Waals surface area contributed by atoms with Crippen molar-refractivity contribution < 1.29 is 42.5 Å². The third kappa shape index (κ3) is 8.96. The Kier molecular flexibility index (Phi) is 8.93. The molecule has 0 spiro atoms. The van der Waals surface area contributed by atoms with Gasteiger partial charge in [-0.2, -0.15) is 0 Å². The molecule has 0 aliphatic rings. The van der Waals surface area contributed by atoms with E-state index in [0.717, 1.165) is 5.69 Å². The van der Waals surface area contributed by atoms with E-state index in [4.69, 9.17) is 5.73 Å². The van der Waals surface area contributed by atoms with E-state index in [1.165, 1.54) is 11.8 Å². The molecule has 0 saturated carbocycles. The van der Waals surface area contributed by atoms with E-state index in [0.29, 0.717) is 10.9 Å². The monoisotopic (exact) mass is 296 g/mol. The molecule has 0 radical (unpaired) electrons. The molecule has 5 nitrogen and oxygen atoms in total. The van der Waals surface area contributed by atoms with Gasteiger partial charge in [-0.1, -0.05) is 30.0 Å². The first-order chi connectivity index (χ1) is 7.97. The van der Waals surface area contributed by atoms with Crippen LogP contribution in [0.4, 0.5) is 5.69 Å². The number of thioether (sulfide) groups is 1. The van der Waals surface area contributed by atoms with Crippen LogP contribution in [0.3, 0.4) is 0 Å². The molecule has 18 heavy (non-hydrogen) atoms. The number of benzene rings is 1. The average molecular weight is 296 g/mol. The molecule has 1 aromatic carbocycles. The largest absolute Gasteiger partial charge is 1.00 e. The number of hydrogen-bond acceptors (Lipinski definition) is 5. The fourth-order valence-corrected chi connectivity index (χ4v) is 2.42. The molecule has 0 bridgehead atoms. The van der Waals surface area contributed by atoms with Crippen molar-refractivity contribution in [1.82, 2.24) is 0 Å². The summed E-state index contributed by atoms with van der Waals surface area (Å²) in [4.78, 5) is 4.12. The molecule has 0 fully saturated rings. The van der Waals surface area contributed by atoms with E-state index < -0.39 is 10.1 Å². The maximum atomic E-state index is 10.3. The molecular weight excluding hydrogens is 283 g/mol. The number of nitrogens with zero attached hydrogens (tertiary/aromatic N) is 1. The standard InChI is InChI=1S/C10H14N2O3S2.Na/c11-10(12-9-5-2-1-3-6-9)16-7-4-8-17(13,14)15;/h1-3,5-6H,4,7-8H2,(H2,11,12)(H,13,14,15);/q;+1/p-1. The maximum absolute atomic E-state index is 10.3. The van der Waals surface area contributed by atoms with Gasteiger partial charge in [-0.05, 0) is 18.6 Å². The average Bonchev–Trinajstić information content (AvgIpc) is 2.25. The Labute approximate surface area is 133 Å². The Morgan fingerprint density at radius 1 is 1.33 bits per heavy atom. The minimum atomic E-state index is -4.12. The van der Waals surface area contributed by atoms with Crippen LogP contribution >= 0.6 is 11.8 Å². The molecule has 8 heteroatoms. The van der Waals surface area contributed by atoms with Crippen molar-refractivity contribution >= 4 is 32.7 Å². The van der Waals surface area contributed by atoms with Crippen molar-refractivity contribution in [3.8, 4) is 0 Å². The van der Waals surface area contributed by atoms with Gasteiger partial charge in [-0.3, -0.25) is 0 Å². The SMILES string of the molecule is NC(=Nc1ccccc1)SCCCS(=O)(=O)[O-].[Na+]. The Hall–Kier alpha value is -0.0500. The van der Waals surface area contributed by atoms with Crippen molar-refractivity contribution in [1.29, 1.82) is 0 Å². The van der Waals surface area contributed by atoms with Crippen LogP contribution in [0, 0.1) is 0 Å². The summed E-state index contributed by atoms with van der Waals surface area (Å²) in [5.41, 5.74) is 6.39. The maximum Gasteiger partial charge on any atom is 1.00 e. The van der Waals surface area contributed by atoms with Crippen LogP contribution in [0.15, 0.2) is 35.3 Å². The number of rotatable bonds is 5. The van der Waals surface area contributed by atoms with Crippen LogP contribution < -0.4 is 35.3 Å². The first-order valence-corrected chi connectivity index (χ1v) is 7.49. The molecule has 0 aliphatic heterocycles. The third-order valence-corrected chi connectivity index (χ3v) is 3.45. The first kappa shape index (κ1) is 17.9. The van der Waals surface area contributed by atoms with Crippen molar-refractivity contribution in [3.05, 3.63) is 30.3 Å². The molecule has 0 aliphatic carbocycles. The number of hydrogen-bond donors (Lipinski definition) is 1. The van der Waals surface area contributed by atoms with Crippen molar-refractivity contribution in [2.75, 3.05) is 11.5 Å². The van der Waals surface area contributed by atoms with Crippen LogP contribution in [0.2, 0.25) is 0 Å². The van der Waals surface area contributed by atoms with E-state index in [1.54, 1.807) is 0 Å². The molecule has 1 aromatic rings. The zero-order chi connectivity index (χ0) is 12.7. The van der Waals surface area contributed by atoms with Gasteiger partial charge in [-0.25, -0.2) is 13.4 Å². The van der Waals surface area contributed by atoms with Crippen LogP contribution in [0.1, 0.15) is 6.42 Å². The summed E-state index contributed by atoms with van der Waals surface area (Å²) in [6.07, 6.45) is 0.279. The Morgan fingerprint density at radius 3 is 2.50 bits per heavy atom. The molecule has 0 atom stereocenters. The molecule has 0 unspecified atom stereocenters. The van der Waals surface area contributed by atoms with E-state index >= 15 is 0 Å². The zero-order valence-corrected chi connectivity index (χ0v) is 13.7.